The van der Waals surface area contributed by atoms with E-state index in [0.717, 1.165) is 0 Å². The van der Waals surface area contributed by atoms with Crippen LogP contribution in [-0.2, 0) is 7.05 Å². The van der Waals surface area contributed by atoms with E-state index >= 15 is 0 Å². The molecule has 0 spiro atoms. The van der Waals surface area contributed by atoms with Gasteiger partial charge in [0, 0.05) is 42.1 Å². The van der Waals surface area contributed by atoms with Gasteiger partial charge in [-0.1, -0.05) is 25.1 Å². The Labute approximate surface area is 121 Å². The Bertz CT molecular complexity index is 743. The topological polar surface area (TPSA) is 34.9 Å². The second-order valence-corrected chi connectivity index (χ2v) is 5.97. The Balaban J connectivity index is 1.89. The van der Waals surface area contributed by atoms with Gasteiger partial charge >= 0.3 is 0 Å². The molecule has 0 N–H and O–H groups in total. The third kappa shape index (κ3) is 2.27. The number of benzene rings is 1. The lowest BCUT2D eigenvalue weighted by Gasteiger charge is -2.08. The highest BCUT2D eigenvalue weighted by Gasteiger charge is 2.18. The van der Waals surface area contributed by atoms with E-state index in [1.807, 2.05) is 24.6 Å². The molecule has 0 aliphatic carbocycles. The highest BCUT2D eigenvalue weighted by molar-refractivity contribution is 7.11. The first-order chi connectivity index (χ1) is 9.66. The van der Waals surface area contributed by atoms with Crippen LogP contribution in [0.15, 0.2) is 42.0 Å². The van der Waals surface area contributed by atoms with E-state index < -0.39 is 0 Å². The van der Waals surface area contributed by atoms with Gasteiger partial charge in [-0.2, -0.15) is 0 Å². The second kappa shape index (κ2) is 5.21. The van der Waals surface area contributed by atoms with Gasteiger partial charge in [0.25, 0.3) is 0 Å². The van der Waals surface area contributed by atoms with Crippen molar-refractivity contribution in [1.82, 2.24) is 9.55 Å². The molecule has 2 aromatic heterocycles. The molecular formula is C16H16N2OS. The Kier molecular flexibility index (Phi) is 3.40. The lowest BCUT2D eigenvalue weighted by Crippen LogP contribution is -2.04. The minimum atomic E-state index is 0.125. The van der Waals surface area contributed by atoms with Gasteiger partial charge in [0.2, 0.25) is 0 Å². The van der Waals surface area contributed by atoms with E-state index in [2.05, 4.69) is 34.8 Å². The third-order valence-electron chi connectivity index (χ3n) is 3.62. The molecule has 2 heterocycles. The molecule has 0 aliphatic heterocycles. The lowest BCUT2D eigenvalue weighted by molar-refractivity contribution is 0.0975. The smallest absolute Gasteiger partial charge is 0.191 e. The molecule has 0 saturated carbocycles. The summed E-state index contributed by atoms with van der Waals surface area (Å²) in [5.41, 5.74) is 2.43. The van der Waals surface area contributed by atoms with Crippen LogP contribution in [0.25, 0.3) is 10.9 Å². The van der Waals surface area contributed by atoms with E-state index in [0.29, 0.717) is 11.4 Å². The maximum atomic E-state index is 12.2. The molecule has 0 fully saturated rings. The third-order valence-corrected chi connectivity index (χ3v) is 4.44. The first kappa shape index (κ1) is 13.1. The van der Waals surface area contributed by atoms with Gasteiger partial charge in [0.1, 0.15) is 0 Å². The number of thiazole rings is 1. The molecule has 0 unspecified atom stereocenters. The zero-order chi connectivity index (χ0) is 14.1. The van der Waals surface area contributed by atoms with Crippen molar-refractivity contribution >= 4 is 28.0 Å². The minimum Gasteiger partial charge on any atom is -0.350 e. The van der Waals surface area contributed by atoms with Crippen LogP contribution in [0, 0.1) is 0 Å². The lowest BCUT2D eigenvalue weighted by atomic mass is 9.95. The molecule has 3 nitrogen and oxygen atoms in total. The van der Waals surface area contributed by atoms with Crippen LogP contribution in [0.5, 0.6) is 0 Å². The number of ketones is 1. The van der Waals surface area contributed by atoms with E-state index in [1.165, 1.54) is 27.8 Å². The summed E-state index contributed by atoms with van der Waals surface area (Å²) in [7, 11) is 2.04. The zero-order valence-corrected chi connectivity index (χ0v) is 12.4. The number of aromatic nitrogens is 2. The summed E-state index contributed by atoms with van der Waals surface area (Å²) in [6.07, 6.45) is 4.31. The van der Waals surface area contributed by atoms with Gasteiger partial charge < -0.3 is 4.57 Å². The average Bonchev–Trinajstić information content (AvgIpc) is 3.07. The van der Waals surface area contributed by atoms with Gasteiger partial charge in [-0.05, 0) is 17.5 Å². The van der Waals surface area contributed by atoms with Gasteiger partial charge in [-0.3, -0.25) is 4.79 Å². The molecular weight excluding hydrogens is 268 g/mol. The van der Waals surface area contributed by atoms with Gasteiger partial charge in [0.05, 0.1) is 0 Å². The number of nitrogens with zero attached hydrogens (tertiary/aromatic N) is 2. The molecule has 3 aromatic rings. The van der Waals surface area contributed by atoms with Crippen molar-refractivity contribution in [2.24, 2.45) is 7.05 Å². The van der Waals surface area contributed by atoms with Gasteiger partial charge in [-0.25, -0.2) is 4.98 Å². The molecule has 0 radical (unpaired) electrons. The van der Waals surface area contributed by atoms with Crippen LogP contribution < -0.4 is 0 Å². The SMILES string of the molecule is C[C@H](CC(=O)c1nccs1)c1cn(C)c2ccccc12. The summed E-state index contributed by atoms with van der Waals surface area (Å²) in [6.45, 7) is 2.10. The van der Waals surface area contributed by atoms with Crippen molar-refractivity contribution in [2.75, 3.05) is 0 Å². The van der Waals surface area contributed by atoms with Crippen LogP contribution in [-0.4, -0.2) is 15.3 Å². The number of aryl methyl sites for hydroxylation is 1. The van der Waals surface area contributed by atoms with E-state index in [1.54, 1.807) is 6.20 Å². The quantitative estimate of drug-likeness (QED) is 0.678. The summed E-state index contributed by atoms with van der Waals surface area (Å²) in [5, 5.41) is 3.68. The maximum absolute atomic E-state index is 12.2. The summed E-state index contributed by atoms with van der Waals surface area (Å²) < 4.78 is 2.12. The Hall–Kier alpha value is -1.94. The van der Waals surface area contributed by atoms with Crippen molar-refractivity contribution in [3.05, 3.63) is 52.6 Å². The number of fused-ring (bicyclic) bond motifs is 1. The highest BCUT2D eigenvalue weighted by Crippen LogP contribution is 2.30. The van der Waals surface area contributed by atoms with Crippen LogP contribution >= 0.6 is 11.3 Å². The number of rotatable bonds is 4. The minimum absolute atomic E-state index is 0.125. The molecule has 0 amide bonds. The molecule has 20 heavy (non-hydrogen) atoms. The van der Waals surface area contributed by atoms with Crippen LogP contribution in [0.1, 0.15) is 34.6 Å². The second-order valence-electron chi connectivity index (χ2n) is 5.08. The number of hydrogen-bond donors (Lipinski definition) is 0. The number of para-hydroxylation sites is 1. The summed E-state index contributed by atoms with van der Waals surface area (Å²) in [4.78, 5) is 16.3. The standard InChI is InChI=1S/C16H16N2OS/c1-11(9-15(19)16-17-7-8-20-16)13-10-18(2)14-6-4-3-5-12(13)14/h3-8,10-11H,9H2,1-2H3/t11-/m1/s1. The van der Waals surface area contributed by atoms with Crippen molar-refractivity contribution in [1.29, 1.82) is 0 Å². The van der Waals surface area contributed by atoms with E-state index in [9.17, 15) is 4.79 Å². The van der Waals surface area contributed by atoms with Gasteiger partial charge in [-0.15, -0.1) is 11.3 Å². The molecule has 4 heteroatoms. The molecule has 0 aliphatic rings. The van der Waals surface area contributed by atoms with Crippen molar-refractivity contribution in [3.8, 4) is 0 Å². The Morgan fingerprint density at radius 3 is 2.95 bits per heavy atom. The fourth-order valence-electron chi connectivity index (χ4n) is 2.60. The number of carbonyl (C=O) groups excluding carboxylic acids is 1. The molecule has 0 bridgehead atoms. The highest BCUT2D eigenvalue weighted by atomic mass is 32.1. The van der Waals surface area contributed by atoms with Crippen LogP contribution in [0.2, 0.25) is 0 Å². The summed E-state index contributed by atoms with van der Waals surface area (Å²) in [5.74, 6) is 0.318. The molecule has 1 aromatic carbocycles. The predicted octanol–water partition coefficient (Wildman–Crippen LogP) is 4.01. The Morgan fingerprint density at radius 1 is 1.40 bits per heavy atom. The number of Topliss-reactive ketones (excluding diaryl/α,β-unsaturated/α-hetero) is 1. The van der Waals surface area contributed by atoms with Crippen molar-refractivity contribution in [2.45, 2.75) is 19.3 Å². The summed E-state index contributed by atoms with van der Waals surface area (Å²) >= 11 is 1.41. The van der Waals surface area contributed by atoms with Crippen molar-refractivity contribution in [3.63, 3.8) is 0 Å². The van der Waals surface area contributed by atoms with E-state index in [-0.39, 0.29) is 11.7 Å². The number of carbonyl (C=O) groups is 1. The average molecular weight is 284 g/mol. The monoisotopic (exact) mass is 284 g/mol. The van der Waals surface area contributed by atoms with Gasteiger partial charge in [0.15, 0.2) is 10.8 Å². The van der Waals surface area contributed by atoms with Crippen LogP contribution in [0.4, 0.5) is 0 Å². The largest absolute Gasteiger partial charge is 0.350 e. The fraction of sp³-hybridized carbons (Fsp3) is 0.250. The molecule has 0 saturated heterocycles. The zero-order valence-electron chi connectivity index (χ0n) is 11.5. The fourth-order valence-corrected chi connectivity index (χ4v) is 3.19. The number of hydrogen-bond acceptors (Lipinski definition) is 3. The normalized spacial score (nSPS) is 12.7. The molecule has 3 rings (SSSR count). The maximum Gasteiger partial charge on any atom is 0.191 e. The molecule has 1 atom stereocenters. The first-order valence-corrected chi connectivity index (χ1v) is 7.51. The first-order valence-electron chi connectivity index (χ1n) is 6.63. The van der Waals surface area contributed by atoms with Crippen molar-refractivity contribution < 1.29 is 4.79 Å². The predicted molar refractivity (Wildman–Crippen MR) is 82.4 cm³/mol. The Morgan fingerprint density at radius 2 is 2.20 bits per heavy atom. The van der Waals surface area contributed by atoms with Crippen LogP contribution in [0.3, 0.4) is 0 Å². The molecule has 102 valence electrons. The van der Waals surface area contributed by atoms with E-state index in [4.69, 9.17) is 0 Å². The summed E-state index contributed by atoms with van der Waals surface area (Å²) in [6, 6.07) is 8.31.